The molecule has 0 saturated heterocycles. The zero-order valence-electron chi connectivity index (χ0n) is 11.4. The summed E-state index contributed by atoms with van der Waals surface area (Å²) in [7, 11) is 1.89. The highest BCUT2D eigenvalue weighted by atomic mass is 79.9. The molecule has 0 aliphatic carbocycles. The van der Waals surface area contributed by atoms with E-state index in [1.807, 2.05) is 42.3 Å². The zero-order chi connectivity index (χ0) is 15.4. The van der Waals surface area contributed by atoms with Gasteiger partial charge in [0.15, 0.2) is 0 Å². The van der Waals surface area contributed by atoms with E-state index < -0.39 is 0 Å². The van der Waals surface area contributed by atoms with Gasteiger partial charge in [-0.05, 0) is 42.4 Å². The molecule has 5 heteroatoms. The van der Waals surface area contributed by atoms with Crippen molar-refractivity contribution < 1.29 is 4.79 Å². The smallest absolute Gasteiger partial charge is 0.141 e. The zero-order valence-corrected chi connectivity index (χ0v) is 14.5. The molecule has 0 saturated carbocycles. The SMILES string of the molecule is CN(Cc1ccc(Cl)cc1Cl)C(C=O)c1cccc(Br)c1. The van der Waals surface area contributed by atoms with Crippen LogP contribution in [0.1, 0.15) is 17.2 Å². The molecule has 1 unspecified atom stereocenters. The third kappa shape index (κ3) is 4.30. The molecule has 1 atom stereocenters. The molecule has 0 heterocycles. The van der Waals surface area contributed by atoms with E-state index in [0.717, 1.165) is 21.9 Å². The van der Waals surface area contributed by atoms with Crippen molar-refractivity contribution in [3.05, 3.63) is 68.1 Å². The Kier molecular flexibility index (Phi) is 5.82. The first kappa shape index (κ1) is 16.5. The average Bonchev–Trinajstić information content (AvgIpc) is 2.43. The lowest BCUT2D eigenvalue weighted by Gasteiger charge is -2.24. The molecule has 21 heavy (non-hydrogen) atoms. The molecule has 0 aliphatic heterocycles. The second kappa shape index (κ2) is 7.41. The van der Waals surface area contributed by atoms with Crippen molar-refractivity contribution in [3.8, 4) is 0 Å². The summed E-state index contributed by atoms with van der Waals surface area (Å²) in [6.07, 6.45) is 0.936. The molecular weight excluding hydrogens is 373 g/mol. The van der Waals surface area contributed by atoms with Crippen LogP contribution in [0.25, 0.3) is 0 Å². The Morgan fingerprint density at radius 2 is 2.00 bits per heavy atom. The number of likely N-dealkylation sites (N-methyl/N-ethyl adjacent to an activating group) is 1. The van der Waals surface area contributed by atoms with Crippen LogP contribution < -0.4 is 0 Å². The minimum atomic E-state index is -0.325. The van der Waals surface area contributed by atoms with Gasteiger partial charge in [-0.1, -0.05) is 57.3 Å². The molecule has 0 aliphatic rings. The Labute approximate surface area is 142 Å². The average molecular weight is 387 g/mol. The molecule has 2 nitrogen and oxygen atoms in total. The number of nitrogens with zero attached hydrogens (tertiary/aromatic N) is 1. The molecule has 0 fully saturated rings. The van der Waals surface area contributed by atoms with Crippen LogP contribution in [-0.2, 0) is 11.3 Å². The minimum Gasteiger partial charge on any atom is -0.301 e. The third-order valence-corrected chi connectivity index (χ3v) is 4.31. The van der Waals surface area contributed by atoms with Crippen LogP contribution in [0.3, 0.4) is 0 Å². The highest BCUT2D eigenvalue weighted by Gasteiger charge is 2.17. The number of halogens is 3. The summed E-state index contributed by atoms with van der Waals surface area (Å²) in [6, 6.07) is 12.8. The molecule has 0 spiro atoms. The Hall–Kier alpha value is -0.870. The summed E-state index contributed by atoms with van der Waals surface area (Å²) in [5.74, 6) is 0. The number of rotatable bonds is 5. The molecule has 0 amide bonds. The van der Waals surface area contributed by atoms with Gasteiger partial charge in [0.2, 0.25) is 0 Å². The molecule has 0 aromatic heterocycles. The van der Waals surface area contributed by atoms with Gasteiger partial charge in [0, 0.05) is 21.1 Å². The van der Waals surface area contributed by atoms with Crippen LogP contribution in [0.5, 0.6) is 0 Å². The van der Waals surface area contributed by atoms with Gasteiger partial charge in [0.25, 0.3) is 0 Å². The largest absolute Gasteiger partial charge is 0.301 e. The number of carbonyl (C=O) groups excluding carboxylic acids is 1. The predicted molar refractivity (Wildman–Crippen MR) is 90.9 cm³/mol. The standard InChI is InChI=1S/C16H14BrCl2NO/c1-20(9-12-5-6-14(18)8-15(12)19)16(10-21)11-3-2-4-13(17)7-11/h2-8,10,16H,9H2,1H3. The second-order valence-corrected chi connectivity index (χ2v) is 6.55. The fraction of sp³-hybridized carbons (Fsp3) is 0.188. The van der Waals surface area contributed by atoms with E-state index in [9.17, 15) is 4.79 Å². The fourth-order valence-electron chi connectivity index (χ4n) is 2.14. The molecule has 2 aromatic rings. The van der Waals surface area contributed by atoms with Crippen molar-refractivity contribution >= 4 is 45.4 Å². The van der Waals surface area contributed by atoms with Gasteiger partial charge in [0.1, 0.15) is 6.29 Å². The van der Waals surface area contributed by atoms with Crippen LogP contribution in [0.15, 0.2) is 46.9 Å². The van der Waals surface area contributed by atoms with Gasteiger partial charge in [-0.2, -0.15) is 0 Å². The van der Waals surface area contributed by atoms with Crippen LogP contribution in [0, 0.1) is 0 Å². The van der Waals surface area contributed by atoms with E-state index in [1.54, 1.807) is 12.1 Å². The van der Waals surface area contributed by atoms with E-state index in [2.05, 4.69) is 15.9 Å². The maximum Gasteiger partial charge on any atom is 0.141 e. The van der Waals surface area contributed by atoms with E-state index >= 15 is 0 Å². The molecule has 2 aromatic carbocycles. The number of carbonyl (C=O) groups is 1. The molecule has 0 N–H and O–H groups in total. The number of benzene rings is 2. The lowest BCUT2D eigenvalue weighted by molar-refractivity contribution is -0.112. The number of hydrogen-bond donors (Lipinski definition) is 0. The predicted octanol–water partition coefficient (Wildman–Crippen LogP) is 5.13. The molecule has 0 radical (unpaired) electrons. The van der Waals surface area contributed by atoms with Crippen molar-refractivity contribution in [2.24, 2.45) is 0 Å². The van der Waals surface area contributed by atoms with Gasteiger partial charge in [0.05, 0.1) is 6.04 Å². The summed E-state index contributed by atoms with van der Waals surface area (Å²) in [5.41, 5.74) is 1.87. The Bertz CT molecular complexity index is 648. The van der Waals surface area contributed by atoms with Crippen molar-refractivity contribution in [3.63, 3.8) is 0 Å². The Morgan fingerprint density at radius 1 is 1.24 bits per heavy atom. The summed E-state index contributed by atoms with van der Waals surface area (Å²) in [6.45, 7) is 0.561. The Balaban J connectivity index is 2.20. The van der Waals surface area contributed by atoms with Crippen LogP contribution in [0.4, 0.5) is 0 Å². The summed E-state index contributed by atoms with van der Waals surface area (Å²) < 4.78 is 0.949. The summed E-state index contributed by atoms with van der Waals surface area (Å²) >= 11 is 15.5. The summed E-state index contributed by atoms with van der Waals surface area (Å²) in [5, 5.41) is 1.21. The van der Waals surface area contributed by atoms with E-state index in [-0.39, 0.29) is 6.04 Å². The van der Waals surface area contributed by atoms with Crippen molar-refractivity contribution in [1.82, 2.24) is 4.90 Å². The second-order valence-electron chi connectivity index (χ2n) is 4.79. The highest BCUT2D eigenvalue weighted by molar-refractivity contribution is 9.10. The molecule has 2 rings (SSSR count). The van der Waals surface area contributed by atoms with Crippen LogP contribution in [0.2, 0.25) is 10.0 Å². The monoisotopic (exact) mass is 385 g/mol. The Morgan fingerprint density at radius 3 is 2.62 bits per heavy atom. The first-order valence-corrected chi connectivity index (χ1v) is 7.91. The fourth-order valence-corrected chi connectivity index (χ4v) is 3.03. The van der Waals surface area contributed by atoms with Crippen LogP contribution in [-0.4, -0.2) is 18.2 Å². The number of aldehydes is 1. The molecule has 0 bridgehead atoms. The molecular formula is C16H14BrCl2NO. The quantitative estimate of drug-likeness (QED) is 0.664. The van der Waals surface area contributed by atoms with Gasteiger partial charge in [-0.15, -0.1) is 0 Å². The minimum absolute atomic E-state index is 0.325. The van der Waals surface area contributed by atoms with E-state index in [4.69, 9.17) is 23.2 Å². The lowest BCUT2D eigenvalue weighted by Crippen LogP contribution is -2.25. The third-order valence-electron chi connectivity index (χ3n) is 3.23. The van der Waals surface area contributed by atoms with Crippen molar-refractivity contribution in [2.45, 2.75) is 12.6 Å². The van der Waals surface area contributed by atoms with Crippen LogP contribution >= 0.6 is 39.1 Å². The lowest BCUT2D eigenvalue weighted by atomic mass is 10.1. The maximum absolute atomic E-state index is 11.5. The topological polar surface area (TPSA) is 20.3 Å². The van der Waals surface area contributed by atoms with Gasteiger partial charge in [-0.25, -0.2) is 0 Å². The van der Waals surface area contributed by atoms with Gasteiger partial charge < -0.3 is 4.79 Å². The maximum atomic E-state index is 11.5. The first-order chi connectivity index (χ1) is 10.0. The van der Waals surface area contributed by atoms with Crippen molar-refractivity contribution in [1.29, 1.82) is 0 Å². The summed E-state index contributed by atoms with van der Waals surface area (Å²) in [4.78, 5) is 13.4. The van der Waals surface area contributed by atoms with Gasteiger partial charge >= 0.3 is 0 Å². The highest BCUT2D eigenvalue weighted by Crippen LogP contribution is 2.26. The van der Waals surface area contributed by atoms with E-state index in [1.165, 1.54) is 0 Å². The van der Waals surface area contributed by atoms with E-state index in [0.29, 0.717) is 16.6 Å². The van der Waals surface area contributed by atoms with Crippen molar-refractivity contribution in [2.75, 3.05) is 7.05 Å². The molecule has 110 valence electrons. The first-order valence-electron chi connectivity index (χ1n) is 6.36. The number of hydrogen-bond acceptors (Lipinski definition) is 2. The van der Waals surface area contributed by atoms with Gasteiger partial charge in [-0.3, -0.25) is 4.90 Å². The normalized spacial score (nSPS) is 12.4.